The van der Waals surface area contributed by atoms with E-state index in [1.807, 2.05) is 6.92 Å². The van der Waals surface area contributed by atoms with Gasteiger partial charge in [-0.1, -0.05) is 109 Å². The van der Waals surface area contributed by atoms with Crippen molar-refractivity contribution in [1.29, 1.82) is 0 Å². The van der Waals surface area contributed by atoms with E-state index in [0.717, 1.165) is 25.7 Å². The van der Waals surface area contributed by atoms with Gasteiger partial charge in [0.25, 0.3) is 0 Å². The minimum absolute atomic E-state index is 0.137. The third-order valence-corrected chi connectivity index (χ3v) is 4.57. The summed E-state index contributed by atoms with van der Waals surface area (Å²) in [5, 5.41) is 0. The zero-order valence-electron chi connectivity index (χ0n) is 15.6. The Hall–Kier alpha value is -0.240. The molecule has 0 rings (SSSR count). The van der Waals surface area contributed by atoms with Gasteiger partial charge >= 0.3 is 5.97 Å². The molecule has 0 bridgehead atoms. The van der Waals surface area contributed by atoms with Gasteiger partial charge in [-0.25, -0.2) is 0 Å². The lowest BCUT2D eigenvalue weighted by atomic mass is 10.0. The molecule has 0 aliphatic rings. The quantitative estimate of drug-likeness (QED) is 0.156. The predicted molar refractivity (Wildman–Crippen MR) is 101 cm³/mol. The number of carbonyl (C=O) groups is 1. The zero-order valence-corrected chi connectivity index (χ0v) is 16.3. The fourth-order valence-corrected chi connectivity index (χ4v) is 3.09. The molecule has 0 radical (unpaired) electrons. The van der Waals surface area contributed by atoms with Crippen molar-refractivity contribution in [1.82, 2.24) is 0 Å². The van der Waals surface area contributed by atoms with Crippen molar-refractivity contribution in [3.63, 3.8) is 0 Å². The van der Waals surface area contributed by atoms with Crippen molar-refractivity contribution in [2.24, 2.45) is 0 Å². The molecule has 0 aliphatic heterocycles. The van der Waals surface area contributed by atoms with Crippen LogP contribution in [0.1, 0.15) is 117 Å². The molecule has 1 atom stereocenters. The average molecular weight is 347 g/mol. The summed E-state index contributed by atoms with van der Waals surface area (Å²) in [5.74, 6) is -0.137. The Bertz CT molecular complexity index is 256. The molecule has 138 valence electrons. The Morgan fingerprint density at radius 2 is 1.17 bits per heavy atom. The first-order valence-corrected chi connectivity index (χ1v) is 10.5. The SMILES string of the molecule is CCCCCCCCCCCCCCCC(=O)OC(Cl)CCC. The third-order valence-electron chi connectivity index (χ3n) is 4.26. The molecular weight excluding hydrogens is 308 g/mol. The lowest BCUT2D eigenvalue weighted by Gasteiger charge is -2.09. The molecule has 0 aromatic rings. The van der Waals surface area contributed by atoms with E-state index in [1.54, 1.807) is 0 Å². The molecule has 0 aromatic heterocycles. The molecule has 0 saturated carbocycles. The molecule has 3 heteroatoms. The number of hydrogen-bond acceptors (Lipinski definition) is 2. The van der Waals surface area contributed by atoms with Gasteiger partial charge in [0, 0.05) is 6.42 Å². The normalized spacial score (nSPS) is 12.3. The zero-order chi connectivity index (χ0) is 17.2. The summed E-state index contributed by atoms with van der Waals surface area (Å²) in [7, 11) is 0. The molecule has 0 aromatic carbocycles. The minimum atomic E-state index is -0.436. The number of unbranched alkanes of at least 4 members (excludes halogenated alkanes) is 12. The largest absolute Gasteiger partial charge is 0.446 e. The number of hydrogen-bond donors (Lipinski definition) is 0. The molecule has 0 N–H and O–H groups in total. The molecular formula is C20H39ClO2. The van der Waals surface area contributed by atoms with Crippen LogP contribution in [0.3, 0.4) is 0 Å². The summed E-state index contributed by atoms with van der Waals surface area (Å²) < 4.78 is 5.12. The fourth-order valence-electron chi connectivity index (χ4n) is 2.77. The van der Waals surface area contributed by atoms with E-state index in [9.17, 15) is 4.79 Å². The van der Waals surface area contributed by atoms with Gasteiger partial charge in [-0.15, -0.1) is 0 Å². The summed E-state index contributed by atoms with van der Waals surface area (Å²) in [5.41, 5.74) is -0.436. The second kappa shape index (κ2) is 18.1. The van der Waals surface area contributed by atoms with Crippen molar-refractivity contribution in [2.75, 3.05) is 0 Å². The van der Waals surface area contributed by atoms with Gasteiger partial charge in [0.05, 0.1) is 0 Å². The van der Waals surface area contributed by atoms with Crippen LogP contribution in [0.2, 0.25) is 0 Å². The number of carbonyl (C=O) groups excluding carboxylic acids is 1. The predicted octanol–water partition coefficient (Wildman–Crippen LogP) is 7.38. The molecule has 1 unspecified atom stereocenters. The highest BCUT2D eigenvalue weighted by Gasteiger charge is 2.09. The van der Waals surface area contributed by atoms with Crippen molar-refractivity contribution in [3.8, 4) is 0 Å². The number of ether oxygens (including phenoxy) is 1. The van der Waals surface area contributed by atoms with Crippen LogP contribution in [-0.2, 0) is 9.53 Å². The molecule has 0 amide bonds. The van der Waals surface area contributed by atoms with Crippen LogP contribution in [-0.4, -0.2) is 11.5 Å². The maximum absolute atomic E-state index is 11.5. The van der Waals surface area contributed by atoms with Crippen LogP contribution in [0.25, 0.3) is 0 Å². The van der Waals surface area contributed by atoms with Crippen LogP contribution in [0.5, 0.6) is 0 Å². The summed E-state index contributed by atoms with van der Waals surface area (Å²) in [6.07, 6.45) is 19.3. The molecule has 23 heavy (non-hydrogen) atoms. The number of alkyl halides is 1. The van der Waals surface area contributed by atoms with Gasteiger partial charge in [0.2, 0.25) is 0 Å². The Labute approximate surface area is 149 Å². The van der Waals surface area contributed by atoms with Gasteiger partial charge in [-0.3, -0.25) is 4.79 Å². The fraction of sp³-hybridized carbons (Fsp3) is 0.950. The van der Waals surface area contributed by atoms with Crippen LogP contribution >= 0.6 is 11.6 Å². The lowest BCUT2D eigenvalue weighted by molar-refractivity contribution is -0.145. The van der Waals surface area contributed by atoms with Crippen molar-refractivity contribution in [2.45, 2.75) is 122 Å². The molecule has 0 spiro atoms. The van der Waals surface area contributed by atoms with Gasteiger partial charge < -0.3 is 4.74 Å². The summed E-state index contributed by atoms with van der Waals surface area (Å²) in [4.78, 5) is 11.5. The Morgan fingerprint density at radius 1 is 0.739 bits per heavy atom. The molecule has 0 heterocycles. The van der Waals surface area contributed by atoms with Gasteiger partial charge in [0.1, 0.15) is 0 Å². The van der Waals surface area contributed by atoms with Crippen molar-refractivity contribution >= 4 is 17.6 Å². The van der Waals surface area contributed by atoms with E-state index in [0.29, 0.717) is 6.42 Å². The van der Waals surface area contributed by atoms with E-state index in [1.165, 1.54) is 70.6 Å². The number of halogens is 1. The second-order valence-electron chi connectivity index (χ2n) is 6.68. The maximum Gasteiger partial charge on any atom is 0.307 e. The highest BCUT2D eigenvalue weighted by molar-refractivity contribution is 6.20. The van der Waals surface area contributed by atoms with E-state index >= 15 is 0 Å². The maximum atomic E-state index is 11.5. The molecule has 0 aliphatic carbocycles. The van der Waals surface area contributed by atoms with Crippen LogP contribution < -0.4 is 0 Å². The minimum Gasteiger partial charge on any atom is -0.446 e. The van der Waals surface area contributed by atoms with Gasteiger partial charge in [-0.2, -0.15) is 0 Å². The van der Waals surface area contributed by atoms with Crippen LogP contribution in [0.4, 0.5) is 0 Å². The first kappa shape index (κ1) is 22.8. The number of esters is 1. The highest BCUT2D eigenvalue weighted by Crippen LogP contribution is 2.14. The average Bonchev–Trinajstić information content (AvgIpc) is 2.52. The molecule has 2 nitrogen and oxygen atoms in total. The van der Waals surface area contributed by atoms with E-state index in [4.69, 9.17) is 16.3 Å². The van der Waals surface area contributed by atoms with Crippen LogP contribution in [0.15, 0.2) is 0 Å². The summed E-state index contributed by atoms with van der Waals surface area (Å²) in [6.45, 7) is 4.31. The second-order valence-corrected chi connectivity index (χ2v) is 7.17. The Balaban J connectivity index is 3.17. The lowest BCUT2D eigenvalue weighted by Crippen LogP contribution is -2.12. The monoisotopic (exact) mass is 346 g/mol. The molecule has 0 saturated heterocycles. The van der Waals surface area contributed by atoms with Gasteiger partial charge in [0.15, 0.2) is 5.56 Å². The van der Waals surface area contributed by atoms with Crippen molar-refractivity contribution < 1.29 is 9.53 Å². The van der Waals surface area contributed by atoms with Crippen molar-refractivity contribution in [3.05, 3.63) is 0 Å². The standard InChI is InChI=1S/C20H39ClO2/c1-3-5-6-7-8-9-10-11-12-13-14-15-16-18-20(22)23-19(21)17-4-2/h19H,3-18H2,1-2H3. The van der Waals surface area contributed by atoms with E-state index in [2.05, 4.69) is 6.92 Å². The summed E-state index contributed by atoms with van der Waals surface area (Å²) >= 11 is 5.89. The first-order chi connectivity index (χ1) is 11.2. The summed E-state index contributed by atoms with van der Waals surface area (Å²) in [6, 6.07) is 0. The first-order valence-electron chi connectivity index (χ1n) is 10.0. The third kappa shape index (κ3) is 17.9. The van der Waals surface area contributed by atoms with E-state index in [-0.39, 0.29) is 5.97 Å². The molecule has 0 fully saturated rings. The topological polar surface area (TPSA) is 26.3 Å². The smallest absolute Gasteiger partial charge is 0.307 e. The Morgan fingerprint density at radius 3 is 1.61 bits per heavy atom. The number of rotatable bonds is 17. The van der Waals surface area contributed by atoms with E-state index < -0.39 is 5.56 Å². The highest BCUT2D eigenvalue weighted by atomic mass is 35.5. The van der Waals surface area contributed by atoms with Crippen LogP contribution in [0, 0.1) is 0 Å². The van der Waals surface area contributed by atoms with Gasteiger partial charge in [-0.05, 0) is 12.8 Å². The Kier molecular flexibility index (Phi) is 17.9.